The van der Waals surface area contributed by atoms with Crippen molar-refractivity contribution in [1.29, 1.82) is 0 Å². The zero-order valence-corrected chi connectivity index (χ0v) is 27.7. The molecule has 4 N–H and O–H groups in total. The van der Waals surface area contributed by atoms with E-state index in [1.807, 2.05) is 0 Å². The predicted octanol–water partition coefficient (Wildman–Crippen LogP) is 7.06. The Morgan fingerprint density at radius 1 is 0.732 bits per heavy atom. The van der Waals surface area contributed by atoms with Gasteiger partial charge in [-0.3, -0.25) is 4.57 Å². The predicted molar refractivity (Wildman–Crippen MR) is 170 cm³/mol. The Kier molecular flexibility index (Phi) is 25.5. The highest BCUT2D eigenvalue weighted by Crippen LogP contribution is 2.50. The topological polar surface area (TPSA) is 116 Å². The quantitative estimate of drug-likeness (QED) is 0.0237. The molecule has 9 heteroatoms. The summed E-state index contributed by atoms with van der Waals surface area (Å²) in [5, 5.41) is 28.2. The number of quaternary nitrogens is 1. The van der Waals surface area contributed by atoms with E-state index in [2.05, 4.69) is 31.2 Å². The van der Waals surface area contributed by atoms with E-state index in [-0.39, 0.29) is 24.1 Å². The SMILES string of the molecule is CCCCC/C=C\CCCC/C=C\CCCCCCCCCOC[C@@H](O)COP(=O)(O)C(C)[N+](C)(C)CCC(O)O. The minimum Gasteiger partial charge on any atom is -0.388 e. The van der Waals surface area contributed by atoms with Crippen molar-refractivity contribution >= 4 is 7.60 Å². The first-order valence-electron chi connectivity index (χ1n) is 16.2. The largest absolute Gasteiger partial charge is 0.388 e. The van der Waals surface area contributed by atoms with Gasteiger partial charge in [0.2, 0.25) is 0 Å². The van der Waals surface area contributed by atoms with E-state index < -0.39 is 25.8 Å². The van der Waals surface area contributed by atoms with Crippen LogP contribution < -0.4 is 0 Å². The van der Waals surface area contributed by atoms with Gasteiger partial charge in [0.25, 0.3) is 0 Å². The molecule has 0 fully saturated rings. The van der Waals surface area contributed by atoms with Crippen LogP contribution in [0.3, 0.4) is 0 Å². The van der Waals surface area contributed by atoms with Gasteiger partial charge >= 0.3 is 7.60 Å². The van der Waals surface area contributed by atoms with Gasteiger partial charge in [0, 0.05) is 13.0 Å². The highest BCUT2D eigenvalue weighted by Gasteiger charge is 2.41. The first-order chi connectivity index (χ1) is 19.5. The van der Waals surface area contributed by atoms with Crippen molar-refractivity contribution < 1.29 is 38.5 Å². The molecule has 244 valence electrons. The minimum absolute atomic E-state index is 0.0625. The molecule has 0 aliphatic rings. The molecule has 0 aromatic rings. The molecule has 0 aromatic carbocycles. The summed E-state index contributed by atoms with van der Waals surface area (Å²) in [5.41, 5.74) is 0. The minimum atomic E-state index is -4.01. The van der Waals surface area contributed by atoms with Crippen LogP contribution in [0.1, 0.15) is 123 Å². The zero-order chi connectivity index (χ0) is 30.8. The maximum absolute atomic E-state index is 12.6. The third kappa shape index (κ3) is 24.6. The van der Waals surface area contributed by atoms with Gasteiger partial charge in [-0.25, -0.2) is 0 Å². The summed E-state index contributed by atoms with van der Waals surface area (Å²) < 4.78 is 23.4. The van der Waals surface area contributed by atoms with Gasteiger partial charge in [0.05, 0.1) is 33.9 Å². The van der Waals surface area contributed by atoms with Crippen molar-refractivity contribution in [3.8, 4) is 0 Å². The molecular weight excluding hydrogens is 541 g/mol. The molecule has 8 nitrogen and oxygen atoms in total. The third-order valence-electron chi connectivity index (χ3n) is 7.67. The standard InChI is InChI=1S/C32H64NO7P/c1-5-6-7-8-9-10-11-12-13-14-15-16-17-18-19-20-21-22-23-24-27-39-28-31(34)29-40-41(37,38)30(2)33(3,4)26-25-32(35)36/h9-10,15-16,30-32,34-36H,5-8,11-14,17-29H2,1-4H3/p+1/b10-9-,16-15-/t30?,31-/m1/s1. The van der Waals surface area contributed by atoms with Gasteiger partial charge in [-0.05, 0) is 64.7 Å². The first-order valence-corrected chi connectivity index (χ1v) is 17.9. The number of allylic oxidation sites excluding steroid dienone is 4. The van der Waals surface area contributed by atoms with Gasteiger partial charge in [0.15, 0.2) is 12.1 Å². The summed E-state index contributed by atoms with van der Waals surface area (Å²) in [7, 11) is -0.551. The number of rotatable bonds is 29. The van der Waals surface area contributed by atoms with E-state index in [1.165, 1.54) is 89.9 Å². The summed E-state index contributed by atoms with van der Waals surface area (Å²) in [4.78, 5) is 10.3. The number of nitrogens with zero attached hydrogens (tertiary/aromatic N) is 1. The van der Waals surface area contributed by atoms with Gasteiger partial charge in [-0.1, -0.05) is 76.2 Å². The van der Waals surface area contributed by atoms with Crippen molar-refractivity contribution in [1.82, 2.24) is 0 Å². The lowest BCUT2D eigenvalue weighted by molar-refractivity contribution is -0.901. The molecule has 0 heterocycles. The van der Waals surface area contributed by atoms with Crippen molar-refractivity contribution in [3.63, 3.8) is 0 Å². The molecule has 0 saturated heterocycles. The number of ether oxygens (including phenoxy) is 1. The maximum atomic E-state index is 12.6. The fourth-order valence-corrected chi connectivity index (χ4v) is 5.96. The highest BCUT2D eigenvalue weighted by molar-refractivity contribution is 7.53. The van der Waals surface area contributed by atoms with Crippen LogP contribution in [-0.2, 0) is 13.8 Å². The zero-order valence-electron chi connectivity index (χ0n) is 26.8. The molecule has 0 rings (SSSR count). The lowest BCUT2D eigenvalue weighted by Crippen LogP contribution is -2.48. The molecule has 0 bridgehead atoms. The van der Waals surface area contributed by atoms with Gasteiger partial charge in [0.1, 0.15) is 6.10 Å². The van der Waals surface area contributed by atoms with Gasteiger partial charge < -0.3 is 34.0 Å². The number of aliphatic hydroxyl groups excluding tert-OH is 2. The molecule has 0 aromatic heterocycles. The smallest absolute Gasteiger partial charge is 0.384 e. The first kappa shape index (κ1) is 40.4. The van der Waals surface area contributed by atoms with Gasteiger partial charge in [-0.15, -0.1) is 0 Å². The van der Waals surface area contributed by atoms with Crippen LogP contribution in [-0.4, -0.2) is 83.3 Å². The van der Waals surface area contributed by atoms with Crippen LogP contribution in [0, 0.1) is 0 Å². The van der Waals surface area contributed by atoms with E-state index in [4.69, 9.17) is 19.5 Å². The fraction of sp³-hybridized carbons (Fsp3) is 0.875. The molecule has 0 aliphatic carbocycles. The summed E-state index contributed by atoms with van der Waals surface area (Å²) in [5.74, 6) is -0.779. The Balaban J connectivity index is 3.62. The molecule has 0 radical (unpaired) electrons. The van der Waals surface area contributed by atoms with Crippen molar-refractivity contribution in [3.05, 3.63) is 24.3 Å². The Morgan fingerprint density at radius 2 is 1.20 bits per heavy atom. The van der Waals surface area contributed by atoms with Crippen LogP contribution >= 0.6 is 7.60 Å². The monoisotopic (exact) mass is 606 g/mol. The molecule has 41 heavy (non-hydrogen) atoms. The molecular formula is C32H65NO7P+. The number of aliphatic hydroxyl groups is 3. The van der Waals surface area contributed by atoms with E-state index in [1.54, 1.807) is 21.0 Å². The van der Waals surface area contributed by atoms with Crippen LogP contribution in [0.25, 0.3) is 0 Å². The second-order valence-electron chi connectivity index (χ2n) is 12.0. The molecule has 0 aliphatic heterocycles. The Labute approximate surface area is 252 Å². The van der Waals surface area contributed by atoms with E-state index in [0.29, 0.717) is 13.2 Å². The molecule has 3 atom stereocenters. The Hall–Kier alpha value is -0.570. The van der Waals surface area contributed by atoms with Crippen molar-refractivity contribution in [2.24, 2.45) is 0 Å². The summed E-state index contributed by atoms with van der Waals surface area (Å²) >= 11 is 0. The maximum Gasteiger partial charge on any atom is 0.384 e. The number of unbranched alkanes of at least 4 members (excludes halogenated alkanes) is 13. The van der Waals surface area contributed by atoms with Crippen LogP contribution in [0.5, 0.6) is 0 Å². The number of hydrogen-bond donors (Lipinski definition) is 4. The van der Waals surface area contributed by atoms with Crippen LogP contribution in [0.4, 0.5) is 0 Å². The Bertz CT molecular complexity index is 700. The Morgan fingerprint density at radius 3 is 1.71 bits per heavy atom. The molecule has 2 unspecified atom stereocenters. The van der Waals surface area contributed by atoms with Crippen LogP contribution in [0.15, 0.2) is 24.3 Å². The molecule has 0 spiro atoms. The van der Waals surface area contributed by atoms with Crippen LogP contribution in [0.2, 0.25) is 0 Å². The van der Waals surface area contributed by atoms with E-state index >= 15 is 0 Å². The van der Waals surface area contributed by atoms with Crippen molar-refractivity contribution in [2.75, 3.05) is 40.5 Å². The highest BCUT2D eigenvalue weighted by atomic mass is 31.2. The average Bonchev–Trinajstić information content (AvgIpc) is 2.93. The summed E-state index contributed by atoms with van der Waals surface area (Å²) in [6.07, 6.45) is 26.7. The van der Waals surface area contributed by atoms with E-state index in [0.717, 1.165) is 12.8 Å². The molecule has 0 saturated carbocycles. The summed E-state index contributed by atoms with van der Waals surface area (Å²) in [6.45, 7) is 4.46. The lowest BCUT2D eigenvalue weighted by Gasteiger charge is -2.37. The third-order valence-corrected chi connectivity index (χ3v) is 9.76. The molecule has 0 amide bonds. The normalized spacial score (nSPS) is 15.7. The lowest BCUT2D eigenvalue weighted by atomic mass is 10.1. The summed E-state index contributed by atoms with van der Waals surface area (Å²) in [6, 6.07) is 0. The van der Waals surface area contributed by atoms with E-state index in [9.17, 15) is 14.6 Å². The average molecular weight is 607 g/mol. The fourth-order valence-electron chi connectivity index (χ4n) is 4.46. The van der Waals surface area contributed by atoms with Crippen molar-refractivity contribution in [2.45, 2.75) is 141 Å². The van der Waals surface area contributed by atoms with Gasteiger partial charge in [-0.2, -0.15) is 0 Å². The second-order valence-corrected chi connectivity index (χ2v) is 14.1. The second kappa shape index (κ2) is 25.9. The number of hydrogen-bond acceptors (Lipinski definition) is 6.